The lowest BCUT2D eigenvalue weighted by Crippen LogP contribution is -2.51. The topological polar surface area (TPSA) is 85.2 Å². The van der Waals surface area contributed by atoms with E-state index in [4.69, 9.17) is 0 Å². The van der Waals surface area contributed by atoms with Crippen LogP contribution in [0.5, 0.6) is 0 Å². The third kappa shape index (κ3) is 5.74. The van der Waals surface area contributed by atoms with Gasteiger partial charge in [0.2, 0.25) is 10.0 Å². The molecule has 2 saturated carbocycles. The molecule has 0 spiro atoms. The summed E-state index contributed by atoms with van der Waals surface area (Å²) in [6.45, 7) is 0.113. The first-order valence-corrected chi connectivity index (χ1v) is 16.8. The lowest BCUT2D eigenvalue weighted by Gasteiger charge is -2.46. The third-order valence-corrected chi connectivity index (χ3v) is 11.4. The van der Waals surface area contributed by atoms with E-state index < -0.39 is 61.4 Å². The second kappa shape index (κ2) is 11.7. The molecule has 0 bridgehead atoms. The number of rotatable bonds is 8. The number of pyridine rings is 1. The highest BCUT2D eigenvalue weighted by Crippen LogP contribution is 2.52. The molecule has 48 heavy (non-hydrogen) atoms. The van der Waals surface area contributed by atoms with Gasteiger partial charge in [-0.3, -0.25) is 9.78 Å². The molecule has 7 nitrogen and oxygen atoms in total. The average molecular weight is 687 g/mol. The van der Waals surface area contributed by atoms with Crippen molar-refractivity contribution < 1.29 is 39.6 Å². The molecule has 0 radical (unpaired) electrons. The van der Waals surface area contributed by atoms with Crippen LogP contribution in [0.1, 0.15) is 59.4 Å². The highest BCUT2D eigenvalue weighted by Gasteiger charge is 2.52. The van der Waals surface area contributed by atoms with Gasteiger partial charge in [0, 0.05) is 18.8 Å². The second-order valence-electron chi connectivity index (χ2n) is 12.6. The predicted molar refractivity (Wildman–Crippen MR) is 162 cm³/mol. The Morgan fingerprint density at radius 2 is 1.71 bits per heavy atom. The second-order valence-corrected chi connectivity index (χ2v) is 14.5. The number of sulfonamides is 1. The van der Waals surface area contributed by atoms with Crippen LogP contribution in [0.4, 0.5) is 26.3 Å². The van der Waals surface area contributed by atoms with Gasteiger partial charge in [-0.1, -0.05) is 5.57 Å². The van der Waals surface area contributed by atoms with E-state index in [1.807, 2.05) is 0 Å². The fourth-order valence-corrected chi connectivity index (χ4v) is 8.57. The minimum atomic E-state index is -4.67. The van der Waals surface area contributed by atoms with E-state index in [1.54, 1.807) is 29.1 Å². The van der Waals surface area contributed by atoms with Crippen molar-refractivity contribution in [3.8, 4) is 5.69 Å². The Morgan fingerprint density at radius 3 is 2.35 bits per heavy atom. The largest absolute Gasteiger partial charge is 0.417 e. The maximum Gasteiger partial charge on any atom is 0.417 e. The summed E-state index contributed by atoms with van der Waals surface area (Å²) in [7, 11) is -4.36. The number of carbonyl (C=O) groups excluding carboxylic acids is 1. The van der Waals surface area contributed by atoms with Crippen LogP contribution in [0, 0.1) is 28.8 Å². The average Bonchev–Trinajstić information content (AvgIpc) is 3.80. The number of halogens is 6. The van der Waals surface area contributed by atoms with Crippen LogP contribution in [0.25, 0.3) is 11.8 Å². The first kappa shape index (κ1) is 32.3. The van der Waals surface area contributed by atoms with Crippen molar-refractivity contribution in [1.29, 1.82) is 0 Å². The lowest BCUT2D eigenvalue weighted by atomic mass is 9.60. The summed E-state index contributed by atoms with van der Waals surface area (Å²) < 4.78 is 113. The van der Waals surface area contributed by atoms with Crippen LogP contribution in [0.3, 0.4) is 0 Å². The van der Waals surface area contributed by atoms with E-state index in [9.17, 15) is 39.6 Å². The Bertz CT molecular complexity index is 2040. The first-order chi connectivity index (χ1) is 22.8. The summed E-state index contributed by atoms with van der Waals surface area (Å²) in [4.78, 5) is 18.0. The molecule has 7 rings (SSSR count). The van der Waals surface area contributed by atoms with Crippen molar-refractivity contribution in [2.24, 2.45) is 11.3 Å². The number of Topliss-reactive ketones (excluding diaryl/α,β-unsaturated/α-hetero) is 1. The smallest absolute Gasteiger partial charge is 0.291 e. The van der Waals surface area contributed by atoms with Gasteiger partial charge in [-0.25, -0.2) is 26.3 Å². The van der Waals surface area contributed by atoms with Crippen LogP contribution in [0.15, 0.2) is 77.5 Å². The maximum absolute atomic E-state index is 14.5. The quantitative estimate of drug-likeness (QED) is 0.145. The zero-order chi connectivity index (χ0) is 34.0. The number of hydrogen-bond acceptors (Lipinski definition) is 5. The first-order valence-electron chi connectivity index (χ1n) is 15.3. The molecule has 2 atom stereocenters. The Kier molecular flexibility index (Phi) is 7.86. The van der Waals surface area contributed by atoms with Gasteiger partial charge in [0.15, 0.2) is 17.4 Å². The van der Waals surface area contributed by atoms with Crippen LogP contribution in [-0.2, 0) is 22.6 Å². The molecule has 0 saturated heterocycles. The Morgan fingerprint density at radius 1 is 0.958 bits per heavy atom. The van der Waals surface area contributed by atoms with Crippen LogP contribution in [-0.4, -0.2) is 45.9 Å². The molecule has 0 aliphatic heterocycles. The minimum Gasteiger partial charge on any atom is -0.291 e. The van der Waals surface area contributed by atoms with E-state index in [0.29, 0.717) is 34.8 Å². The Balaban J connectivity index is 1.31. The van der Waals surface area contributed by atoms with Crippen molar-refractivity contribution in [1.82, 2.24) is 19.1 Å². The lowest BCUT2D eigenvalue weighted by molar-refractivity contribution is -0.137. The minimum absolute atomic E-state index is 0.0306. The van der Waals surface area contributed by atoms with Gasteiger partial charge >= 0.3 is 6.18 Å². The zero-order valence-corrected chi connectivity index (χ0v) is 26.0. The third-order valence-electron chi connectivity index (χ3n) is 9.50. The number of nitrogens with zero attached hydrogens (tertiary/aromatic N) is 4. The highest BCUT2D eigenvalue weighted by atomic mass is 32.2. The molecule has 14 heteroatoms. The normalized spacial score (nSPS) is 21.1. The summed E-state index contributed by atoms with van der Waals surface area (Å²) in [6, 6.07) is 9.13. The summed E-state index contributed by atoms with van der Waals surface area (Å²) >= 11 is 0. The number of ketones is 1. The molecule has 250 valence electrons. The van der Waals surface area contributed by atoms with E-state index in [2.05, 4.69) is 10.1 Å². The van der Waals surface area contributed by atoms with E-state index >= 15 is 0 Å². The van der Waals surface area contributed by atoms with Crippen LogP contribution >= 0.6 is 0 Å². The van der Waals surface area contributed by atoms with Crippen LogP contribution < -0.4 is 0 Å². The maximum atomic E-state index is 14.5. The molecular weight excluding hydrogens is 658 g/mol. The predicted octanol–water partition coefficient (Wildman–Crippen LogP) is 7.17. The van der Waals surface area contributed by atoms with Gasteiger partial charge in [-0.15, -0.1) is 0 Å². The molecule has 3 aliphatic rings. The number of alkyl halides is 3. The Hall–Kier alpha value is -4.30. The van der Waals surface area contributed by atoms with Crippen molar-refractivity contribution >= 4 is 21.9 Å². The van der Waals surface area contributed by atoms with Gasteiger partial charge in [0.25, 0.3) is 0 Å². The van der Waals surface area contributed by atoms with Crippen molar-refractivity contribution in [3.05, 3.63) is 113 Å². The SMILES string of the molecule is O=C(c1ccc(C(F)(F)F)cn1)[C@]12Cc3cnn(-c4ccc(F)cc4)c3C=C1CC[C@H](N(CC1CC1)S(=O)(=O)c1ccc(F)c(F)c1)C2. The molecule has 0 amide bonds. The van der Waals surface area contributed by atoms with Gasteiger partial charge in [0.05, 0.1) is 33.5 Å². The molecule has 0 unspecified atom stereocenters. The van der Waals surface area contributed by atoms with Crippen molar-refractivity contribution in [2.75, 3.05) is 6.54 Å². The van der Waals surface area contributed by atoms with Gasteiger partial charge in [0.1, 0.15) is 11.5 Å². The van der Waals surface area contributed by atoms with Gasteiger partial charge in [-0.05, 0) is 111 Å². The van der Waals surface area contributed by atoms with Gasteiger partial charge in [-0.2, -0.15) is 22.6 Å². The number of aromatic nitrogens is 3. The zero-order valence-electron chi connectivity index (χ0n) is 25.2. The molecule has 2 heterocycles. The Labute approximate surface area is 272 Å². The van der Waals surface area contributed by atoms with E-state index in [0.717, 1.165) is 37.1 Å². The number of carbonyl (C=O) groups is 1. The molecule has 2 aromatic heterocycles. The van der Waals surface area contributed by atoms with Crippen molar-refractivity contribution in [3.63, 3.8) is 0 Å². The van der Waals surface area contributed by atoms with E-state index in [-0.39, 0.29) is 43.8 Å². The number of allylic oxidation sites excluding steroid dienone is 1. The highest BCUT2D eigenvalue weighted by molar-refractivity contribution is 7.89. The fourth-order valence-electron chi connectivity index (χ4n) is 6.83. The molecule has 0 N–H and O–H groups in total. The summed E-state index contributed by atoms with van der Waals surface area (Å²) in [6.07, 6.45) is 1.42. The van der Waals surface area contributed by atoms with E-state index in [1.165, 1.54) is 16.4 Å². The molecule has 4 aromatic rings. The standard InChI is InChI=1S/C34H28F6N4O3S/c35-24-5-8-25(9-6-24)44-31-13-22-3-7-26(43(19-20-1-2-20)48(46,47)27-10-11-28(36)29(37)14-27)16-33(22,15-21(31)17-42-44)32(45)30-12-4-23(18-41-30)34(38,39)40/h4-6,8-14,17-18,20,26H,1-3,7,15-16,19H2/t26-,33-/m0/s1. The number of fused-ring (bicyclic) bond motifs is 2. The van der Waals surface area contributed by atoms with Crippen LogP contribution in [0.2, 0.25) is 0 Å². The molecular formula is C34H28F6N4O3S. The summed E-state index contributed by atoms with van der Waals surface area (Å²) in [5.74, 6) is -3.45. The molecule has 3 aliphatic carbocycles. The summed E-state index contributed by atoms with van der Waals surface area (Å²) in [5.41, 5.74) is -0.151. The summed E-state index contributed by atoms with van der Waals surface area (Å²) in [5, 5.41) is 4.48. The molecule has 2 aromatic carbocycles. The molecule has 2 fully saturated rings. The van der Waals surface area contributed by atoms with Crippen molar-refractivity contribution in [2.45, 2.75) is 55.6 Å². The fraction of sp³-hybridized carbons (Fsp3) is 0.324. The monoisotopic (exact) mass is 686 g/mol. The number of hydrogen-bond donors (Lipinski definition) is 0. The van der Waals surface area contributed by atoms with Gasteiger partial charge < -0.3 is 0 Å². The number of benzene rings is 2.